The van der Waals surface area contributed by atoms with Gasteiger partial charge in [-0.1, -0.05) is 72.3 Å². The van der Waals surface area contributed by atoms with Gasteiger partial charge in [-0.05, 0) is 34.7 Å². The molecule has 4 aromatic carbocycles. The summed E-state index contributed by atoms with van der Waals surface area (Å²) in [5.41, 5.74) is 10.7. The molecular formula is C24H18ClN3. The second-order valence-electron chi connectivity index (χ2n) is 6.92. The van der Waals surface area contributed by atoms with E-state index in [1.54, 1.807) is 0 Å². The van der Waals surface area contributed by atoms with E-state index in [-0.39, 0.29) is 0 Å². The van der Waals surface area contributed by atoms with E-state index in [0.717, 1.165) is 22.1 Å². The third kappa shape index (κ3) is 2.55. The van der Waals surface area contributed by atoms with Gasteiger partial charge in [0.25, 0.3) is 0 Å². The second-order valence-corrected chi connectivity index (χ2v) is 7.33. The second kappa shape index (κ2) is 6.39. The van der Waals surface area contributed by atoms with E-state index in [2.05, 4.69) is 42.5 Å². The number of benzene rings is 4. The molecule has 0 aliphatic heterocycles. The Bertz CT molecular complexity index is 1290. The third-order valence-electron chi connectivity index (χ3n) is 5.31. The molecule has 5 rings (SSSR count). The van der Waals surface area contributed by atoms with Crippen LogP contribution in [-0.2, 0) is 0 Å². The number of halogens is 1. The zero-order valence-electron chi connectivity index (χ0n) is 15.4. The fourth-order valence-corrected chi connectivity index (χ4v) is 4.09. The summed E-state index contributed by atoms with van der Waals surface area (Å²) in [6, 6.07) is 22.3. The number of hydrogen-bond acceptors (Lipinski definition) is 1. The summed E-state index contributed by atoms with van der Waals surface area (Å²) in [6.45, 7) is 0. The number of hydrogen-bond donors (Lipinski definition) is 1. The maximum Gasteiger partial charge on any atom is 0.200 e. The topological polar surface area (TPSA) is 41.6 Å². The molecule has 0 fully saturated rings. The van der Waals surface area contributed by atoms with Crippen molar-refractivity contribution in [1.82, 2.24) is 0 Å². The molecular weight excluding hydrogens is 366 g/mol. The molecule has 0 saturated heterocycles. The predicted molar refractivity (Wildman–Crippen MR) is 122 cm³/mol. The van der Waals surface area contributed by atoms with E-state index in [4.69, 9.17) is 22.3 Å². The van der Waals surface area contributed by atoms with E-state index in [1.165, 1.54) is 21.9 Å². The van der Waals surface area contributed by atoms with E-state index in [9.17, 15) is 0 Å². The van der Waals surface area contributed by atoms with Crippen LogP contribution >= 0.6 is 11.6 Å². The van der Waals surface area contributed by atoms with Gasteiger partial charge in [0.2, 0.25) is 5.96 Å². The Balaban J connectivity index is 1.62. The summed E-state index contributed by atoms with van der Waals surface area (Å²) in [4.78, 5) is 6.65. The van der Waals surface area contributed by atoms with Crippen LogP contribution in [0.1, 0.15) is 11.1 Å². The summed E-state index contributed by atoms with van der Waals surface area (Å²) >= 11 is 6.33. The zero-order valence-corrected chi connectivity index (χ0v) is 16.1. The molecule has 1 aliphatic carbocycles. The van der Waals surface area contributed by atoms with Crippen molar-refractivity contribution < 1.29 is 0 Å². The fraction of sp³-hybridized carbons (Fsp3) is 0.0417. The smallest absolute Gasteiger partial charge is 0.200 e. The summed E-state index contributed by atoms with van der Waals surface area (Å²) in [5.74, 6) is 0.430. The highest BCUT2D eigenvalue weighted by atomic mass is 35.5. The minimum Gasteiger partial charge on any atom is -0.369 e. The fourth-order valence-electron chi connectivity index (χ4n) is 3.86. The third-order valence-corrected chi connectivity index (χ3v) is 5.64. The normalized spacial score (nSPS) is 12.9. The lowest BCUT2D eigenvalue weighted by molar-refractivity contribution is 1.23. The molecule has 3 nitrogen and oxygen atoms in total. The van der Waals surface area contributed by atoms with Crippen LogP contribution < -0.4 is 10.6 Å². The summed E-state index contributed by atoms with van der Waals surface area (Å²) in [7, 11) is 1.95. The quantitative estimate of drug-likeness (QED) is 0.290. The van der Waals surface area contributed by atoms with Crippen LogP contribution in [0.4, 0.5) is 11.4 Å². The van der Waals surface area contributed by atoms with E-state index in [0.29, 0.717) is 11.0 Å². The Hall–Kier alpha value is -3.30. The minimum atomic E-state index is 0.430. The van der Waals surface area contributed by atoms with Crippen molar-refractivity contribution in [1.29, 1.82) is 0 Å². The SMILES string of the molecule is CN(C(N)=Nc1ccc(Cl)c2ccccc12)c1ccc2c3c(cccc13)C=C2. The number of nitrogens with zero attached hydrogens (tertiary/aromatic N) is 2. The lowest BCUT2D eigenvalue weighted by Gasteiger charge is -2.21. The number of nitrogens with two attached hydrogens (primary N) is 1. The molecule has 136 valence electrons. The Morgan fingerprint density at radius 1 is 0.821 bits per heavy atom. The van der Waals surface area contributed by atoms with Gasteiger partial charge in [0.1, 0.15) is 0 Å². The molecule has 0 atom stereocenters. The molecule has 0 amide bonds. The standard InChI is InChI=1S/C24H18ClN3/c1-28(22-14-11-16-10-9-15-5-4-8-19(22)23(15)16)24(26)27-21-13-12-20(25)17-6-2-3-7-18(17)21/h2-14H,1H3,(H2,26,27). The highest BCUT2D eigenvalue weighted by Crippen LogP contribution is 2.37. The van der Waals surface area contributed by atoms with Crippen molar-refractivity contribution >= 4 is 62.6 Å². The van der Waals surface area contributed by atoms with Crippen LogP contribution in [0.5, 0.6) is 0 Å². The first-order valence-corrected chi connectivity index (χ1v) is 9.50. The van der Waals surface area contributed by atoms with Gasteiger partial charge in [0.05, 0.1) is 11.4 Å². The van der Waals surface area contributed by atoms with Crippen LogP contribution in [0.2, 0.25) is 5.02 Å². The van der Waals surface area contributed by atoms with Gasteiger partial charge in [-0.15, -0.1) is 0 Å². The van der Waals surface area contributed by atoms with Crippen LogP contribution in [0, 0.1) is 0 Å². The van der Waals surface area contributed by atoms with Crippen LogP contribution in [-0.4, -0.2) is 13.0 Å². The van der Waals surface area contributed by atoms with Gasteiger partial charge in [0.15, 0.2) is 0 Å². The summed E-state index contributed by atoms with van der Waals surface area (Å²) in [5, 5.41) is 5.09. The zero-order chi connectivity index (χ0) is 19.3. The van der Waals surface area contributed by atoms with E-state index >= 15 is 0 Å². The Labute approximate surface area is 168 Å². The molecule has 0 spiro atoms. The lowest BCUT2D eigenvalue weighted by atomic mass is 10.0. The Morgan fingerprint density at radius 3 is 2.36 bits per heavy atom. The average Bonchev–Trinajstić information content (AvgIpc) is 3.15. The number of aliphatic imine (C=N–C) groups is 1. The molecule has 0 aromatic heterocycles. The molecule has 0 radical (unpaired) electrons. The molecule has 0 bridgehead atoms. The first-order valence-electron chi connectivity index (χ1n) is 9.12. The molecule has 1 aliphatic rings. The number of fused-ring (bicyclic) bond motifs is 1. The maximum atomic E-state index is 6.42. The van der Waals surface area contributed by atoms with Crippen molar-refractivity contribution in [3.8, 4) is 0 Å². The van der Waals surface area contributed by atoms with Gasteiger partial charge < -0.3 is 10.6 Å². The maximum absolute atomic E-state index is 6.42. The Morgan fingerprint density at radius 2 is 1.54 bits per heavy atom. The van der Waals surface area contributed by atoms with Crippen molar-refractivity contribution in [3.63, 3.8) is 0 Å². The predicted octanol–water partition coefficient (Wildman–Crippen LogP) is 6.21. The average molecular weight is 384 g/mol. The first-order chi connectivity index (χ1) is 13.6. The number of rotatable bonds is 2. The highest BCUT2D eigenvalue weighted by molar-refractivity contribution is 6.36. The van der Waals surface area contributed by atoms with E-state index in [1.807, 2.05) is 48.3 Å². The van der Waals surface area contributed by atoms with Gasteiger partial charge >= 0.3 is 0 Å². The summed E-state index contributed by atoms with van der Waals surface area (Å²) in [6.07, 6.45) is 4.30. The van der Waals surface area contributed by atoms with Crippen molar-refractivity contribution in [2.45, 2.75) is 0 Å². The first kappa shape index (κ1) is 16.8. The molecule has 0 heterocycles. The molecule has 28 heavy (non-hydrogen) atoms. The monoisotopic (exact) mass is 383 g/mol. The van der Waals surface area contributed by atoms with Crippen LogP contribution in [0.15, 0.2) is 71.7 Å². The molecule has 4 aromatic rings. The van der Waals surface area contributed by atoms with Gasteiger partial charge in [-0.3, -0.25) is 0 Å². The van der Waals surface area contributed by atoms with Crippen molar-refractivity contribution in [2.24, 2.45) is 10.7 Å². The Kier molecular flexibility index (Phi) is 3.85. The largest absolute Gasteiger partial charge is 0.369 e. The van der Waals surface area contributed by atoms with Gasteiger partial charge in [0, 0.05) is 28.2 Å². The summed E-state index contributed by atoms with van der Waals surface area (Å²) < 4.78 is 0. The van der Waals surface area contributed by atoms with Crippen molar-refractivity contribution in [3.05, 3.63) is 82.9 Å². The lowest BCUT2D eigenvalue weighted by Crippen LogP contribution is -2.33. The van der Waals surface area contributed by atoms with E-state index < -0.39 is 0 Å². The molecule has 2 N–H and O–H groups in total. The number of guanidine groups is 1. The minimum absolute atomic E-state index is 0.430. The highest BCUT2D eigenvalue weighted by Gasteiger charge is 2.15. The van der Waals surface area contributed by atoms with Crippen molar-refractivity contribution in [2.75, 3.05) is 11.9 Å². The van der Waals surface area contributed by atoms with Gasteiger partial charge in [-0.2, -0.15) is 0 Å². The molecule has 0 saturated carbocycles. The molecule has 0 unspecified atom stereocenters. The van der Waals surface area contributed by atoms with Crippen LogP contribution in [0.25, 0.3) is 33.7 Å². The number of anilines is 1. The van der Waals surface area contributed by atoms with Gasteiger partial charge in [-0.25, -0.2) is 4.99 Å². The molecule has 4 heteroatoms. The van der Waals surface area contributed by atoms with Crippen LogP contribution in [0.3, 0.4) is 0 Å².